The van der Waals surface area contributed by atoms with Crippen LogP contribution in [0.3, 0.4) is 0 Å². The van der Waals surface area contributed by atoms with Gasteiger partial charge in [0.15, 0.2) is 0 Å². The molecular weight excluding hydrogens is 494 g/mol. The molecule has 5 nitrogen and oxygen atoms in total. The first-order valence-electron chi connectivity index (χ1n) is 15.0. The number of nitrogens with zero attached hydrogens (tertiary/aromatic N) is 2. The van der Waals surface area contributed by atoms with E-state index in [4.69, 9.17) is 21.3 Å². The number of piperidine rings is 1. The van der Waals surface area contributed by atoms with E-state index in [1.165, 1.54) is 43.2 Å². The standard InChI is InChI=1S/C32H42ClN3O2/c1-2-38-28-15-17-32(25-13-14-29(33)35-30(25)28)21-34-20-26(32)31(37)36-18-16-24(22-9-5-3-6-10-22)19-27(36)23-11-7-4-8-12-23/h3,5-6,9-10,13-14,23-24,26-28,34H,2,4,7-8,11-12,15-21H2,1H3/t24-,26+,27+,28?,32+/m1/s1. The first kappa shape index (κ1) is 26.3. The number of carbonyl (C=O) groups is 1. The van der Waals surface area contributed by atoms with E-state index in [0.717, 1.165) is 51.0 Å². The van der Waals surface area contributed by atoms with Gasteiger partial charge in [-0.05, 0) is 74.5 Å². The van der Waals surface area contributed by atoms with E-state index in [9.17, 15) is 4.79 Å². The summed E-state index contributed by atoms with van der Waals surface area (Å²) in [5.41, 5.74) is 3.30. The molecule has 2 aliphatic heterocycles. The topological polar surface area (TPSA) is 54.5 Å². The molecule has 0 bridgehead atoms. The third-order valence-corrected chi connectivity index (χ3v) is 10.3. The average Bonchev–Trinajstić information content (AvgIpc) is 3.39. The second-order valence-electron chi connectivity index (χ2n) is 12.0. The SMILES string of the molecule is CCOC1CC[C@]2(CNC[C@H]2C(=O)N2CC[C@@H](c3ccccc3)C[C@H]2C2CCCCC2)c2ccc(Cl)nc21. The Labute approximate surface area is 232 Å². The van der Waals surface area contributed by atoms with E-state index < -0.39 is 0 Å². The second-order valence-corrected chi connectivity index (χ2v) is 12.4. The molecule has 3 fully saturated rings. The number of halogens is 1. The Morgan fingerprint density at radius 3 is 2.71 bits per heavy atom. The van der Waals surface area contributed by atoms with Gasteiger partial charge in [-0.2, -0.15) is 0 Å². The van der Waals surface area contributed by atoms with Crippen molar-refractivity contribution in [3.05, 3.63) is 64.4 Å². The molecule has 1 aromatic carbocycles. The predicted octanol–water partition coefficient (Wildman–Crippen LogP) is 6.42. The molecule has 1 saturated carbocycles. The van der Waals surface area contributed by atoms with Crippen molar-refractivity contribution in [2.24, 2.45) is 11.8 Å². The summed E-state index contributed by atoms with van der Waals surface area (Å²) in [5, 5.41) is 4.13. The number of likely N-dealkylation sites (tertiary alicyclic amines) is 1. The van der Waals surface area contributed by atoms with Gasteiger partial charge in [-0.25, -0.2) is 4.98 Å². The van der Waals surface area contributed by atoms with Crippen molar-refractivity contribution >= 4 is 17.5 Å². The number of ether oxygens (including phenoxy) is 1. The summed E-state index contributed by atoms with van der Waals surface area (Å²) in [5.74, 6) is 1.43. The lowest BCUT2D eigenvalue weighted by Crippen LogP contribution is -2.55. The summed E-state index contributed by atoms with van der Waals surface area (Å²) < 4.78 is 6.09. The Balaban J connectivity index is 1.31. The van der Waals surface area contributed by atoms with Gasteiger partial charge in [0.25, 0.3) is 0 Å². The summed E-state index contributed by atoms with van der Waals surface area (Å²) in [6.07, 6.45) is 10.3. The molecule has 1 unspecified atom stereocenters. The average molecular weight is 536 g/mol. The van der Waals surface area contributed by atoms with E-state index in [1.54, 1.807) is 0 Å². The number of pyridine rings is 1. The van der Waals surface area contributed by atoms with Gasteiger partial charge in [-0.1, -0.05) is 67.3 Å². The Morgan fingerprint density at radius 2 is 1.92 bits per heavy atom. The molecule has 2 aliphatic carbocycles. The van der Waals surface area contributed by atoms with Crippen molar-refractivity contribution in [2.75, 3.05) is 26.2 Å². The Bertz CT molecular complexity index is 1120. The highest BCUT2D eigenvalue weighted by Gasteiger charge is 2.54. The molecule has 6 rings (SSSR count). The molecule has 6 heteroatoms. The molecule has 3 heterocycles. The van der Waals surface area contributed by atoms with Crippen LogP contribution in [0.15, 0.2) is 42.5 Å². The molecule has 1 N–H and O–H groups in total. The molecule has 204 valence electrons. The maximum atomic E-state index is 14.7. The quantitative estimate of drug-likeness (QED) is 0.449. The number of carbonyl (C=O) groups excluding carboxylic acids is 1. The number of aromatic nitrogens is 1. The molecule has 2 saturated heterocycles. The molecule has 2 aromatic rings. The van der Waals surface area contributed by atoms with Crippen LogP contribution < -0.4 is 5.32 Å². The van der Waals surface area contributed by atoms with Gasteiger partial charge in [0.05, 0.1) is 17.7 Å². The van der Waals surface area contributed by atoms with Crippen LogP contribution >= 0.6 is 11.6 Å². The van der Waals surface area contributed by atoms with Crippen LogP contribution in [0.4, 0.5) is 0 Å². The van der Waals surface area contributed by atoms with Crippen molar-refractivity contribution in [3.63, 3.8) is 0 Å². The molecule has 1 aromatic heterocycles. The largest absolute Gasteiger partial charge is 0.372 e. The summed E-state index contributed by atoms with van der Waals surface area (Å²) in [6, 6.07) is 15.3. The van der Waals surface area contributed by atoms with Crippen LogP contribution in [0.5, 0.6) is 0 Å². The molecule has 4 aliphatic rings. The lowest BCUT2D eigenvalue weighted by Gasteiger charge is -2.48. The third-order valence-electron chi connectivity index (χ3n) is 10.1. The zero-order chi connectivity index (χ0) is 26.1. The van der Waals surface area contributed by atoms with E-state index in [-0.39, 0.29) is 17.4 Å². The molecule has 5 atom stereocenters. The van der Waals surface area contributed by atoms with Gasteiger partial charge in [0.1, 0.15) is 5.15 Å². The minimum Gasteiger partial charge on any atom is -0.372 e. The summed E-state index contributed by atoms with van der Waals surface area (Å²) >= 11 is 6.37. The Hall–Kier alpha value is -1.95. The van der Waals surface area contributed by atoms with E-state index in [0.29, 0.717) is 35.5 Å². The van der Waals surface area contributed by atoms with Crippen LogP contribution in [0.2, 0.25) is 5.15 Å². The number of nitrogens with one attached hydrogen (secondary N) is 1. The molecule has 1 amide bonds. The minimum atomic E-state index is -0.245. The van der Waals surface area contributed by atoms with E-state index in [2.05, 4.69) is 46.6 Å². The van der Waals surface area contributed by atoms with Crippen LogP contribution in [-0.4, -0.2) is 48.1 Å². The highest BCUT2D eigenvalue weighted by molar-refractivity contribution is 6.29. The van der Waals surface area contributed by atoms with Crippen molar-refractivity contribution in [3.8, 4) is 0 Å². The van der Waals surface area contributed by atoms with Gasteiger partial charge in [-0.15, -0.1) is 0 Å². The zero-order valence-corrected chi connectivity index (χ0v) is 23.5. The minimum absolute atomic E-state index is 0.0488. The molecule has 1 spiro atoms. The van der Waals surface area contributed by atoms with E-state index >= 15 is 0 Å². The zero-order valence-electron chi connectivity index (χ0n) is 22.7. The second kappa shape index (κ2) is 11.3. The van der Waals surface area contributed by atoms with Crippen molar-refractivity contribution in [1.82, 2.24) is 15.2 Å². The number of rotatable bonds is 5. The molecule has 0 radical (unpaired) electrons. The lowest BCUT2D eigenvalue weighted by atomic mass is 9.64. The normalized spacial score (nSPS) is 31.9. The first-order chi connectivity index (χ1) is 18.6. The third kappa shape index (κ3) is 4.80. The Kier molecular flexibility index (Phi) is 7.79. The highest BCUT2D eigenvalue weighted by Crippen LogP contribution is 2.50. The van der Waals surface area contributed by atoms with Gasteiger partial charge >= 0.3 is 0 Å². The number of fused-ring (bicyclic) bond motifs is 2. The number of hydrogen-bond acceptors (Lipinski definition) is 4. The van der Waals surface area contributed by atoms with E-state index in [1.807, 2.05) is 13.0 Å². The summed E-state index contributed by atoms with van der Waals surface area (Å²) in [4.78, 5) is 21.8. The fraction of sp³-hybridized carbons (Fsp3) is 0.625. The van der Waals surface area contributed by atoms with Crippen LogP contribution in [0.25, 0.3) is 0 Å². The van der Waals surface area contributed by atoms with Crippen molar-refractivity contribution < 1.29 is 9.53 Å². The number of benzene rings is 1. The van der Waals surface area contributed by atoms with Gasteiger partial charge in [-0.3, -0.25) is 4.79 Å². The summed E-state index contributed by atoms with van der Waals surface area (Å²) in [7, 11) is 0. The van der Waals surface area contributed by atoms with Crippen molar-refractivity contribution in [1.29, 1.82) is 0 Å². The van der Waals surface area contributed by atoms with Crippen LogP contribution in [0.1, 0.15) is 93.6 Å². The lowest BCUT2D eigenvalue weighted by molar-refractivity contribution is -0.143. The highest BCUT2D eigenvalue weighted by atomic mass is 35.5. The smallest absolute Gasteiger partial charge is 0.228 e. The molecule has 38 heavy (non-hydrogen) atoms. The van der Waals surface area contributed by atoms with Crippen LogP contribution in [-0.2, 0) is 14.9 Å². The summed E-state index contributed by atoms with van der Waals surface area (Å²) in [6.45, 7) is 5.08. The predicted molar refractivity (Wildman–Crippen MR) is 151 cm³/mol. The number of hydrogen-bond donors (Lipinski definition) is 1. The first-order valence-corrected chi connectivity index (χ1v) is 15.3. The van der Waals surface area contributed by atoms with Crippen LogP contribution in [0, 0.1) is 11.8 Å². The Morgan fingerprint density at radius 1 is 1.11 bits per heavy atom. The number of amides is 1. The maximum Gasteiger partial charge on any atom is 0.228 e. The monoisotopic (exact) mass is 535 g/mol. The fourth-order valence-electron chi connectivity index (χ4n) is 8.23. The fourth-order valence-corrected chi connectivity index (χ4v) is 8.39. The molecular formula is C32H42ClN3O2. The van der Waals surface area contributed by atoms with Gasteiger partial charge in [0.2, 0.25) is 5.91 Å². The van der Waals surface area contributed by atoms with Gasteiger partial charge in [0, 0.05) is 37.7 Å². The maximum absolute atomic E-state index is 14.7. The van der Waals surface area contributed by atoms with Crippen molar-refractivity contribution in [2.45, 2.75) is 88.2 Å². The van der Waals surface area contributed by atoms with Gasteiger partial charge < -0.3 is 15.0 Å².